The largest absolute Gasteiger partial charge is 0.494 e. The van der Waals surface area contributed by atoms with Crippen molar-refractivity contribution in [2.45, 2.75) is 0 Å². The van der Waals surface area contributed by atoms with Gasteiger partial charge in [0, 0.05) is 6.07 Å². The minimum absolute atomic E-state index is 0.0155. The van der Waals surface area contributed by atoms with Crippen molar-refractivity contribution in [3.8, 4) is 5.75 Å². The standard InChI is InChI=1S/C9H9FN2O3S/c1-15-7-2-4(8(13)14)6(3-5(7)10)12-9(11)16/h2-3H,1H3,(H,13,14)(H3,11,12,16). The molecule has 0 saturated heterocycles. The highest BCUT2D eigenvalue weighted by Crippen LogP contribution is 2.25. The first kappa shape index (κ1) is 12.2. The first-order valence-corrected chi connectivity index (χ1v) is 4.53. The summed E-state index contributed by atoms with van der Waals surface area (Å²) in [7, 11) is 1.24. The molecular formula is C9H9FN2O3S. The van der Waals surface area contributed by atoms with Gasteiger partial charge >= 0.3 is 5.97 Å². The first-order valence-electron chi connectivity index (χ1n) is 4.13. The maximum atomic E-state index is 13.3. The lowest BCUT2D eigenvalue weighted by atomic mass is 10.1. The summed E-state index contributed by atoms with van der Waals surface area (Å²) in [6.45, 7) is 0. The molecule has 5 nitrogen and oxygen atoms in total. The van der Waals surface area contributed by atoms with Crippen molar-refractivity contribution in [1.29, 1.82) is 0 Å². The zero-order valence-electron chi connectivity index (χ0n) is 8.28. The van der Waals surface area contributed by atoms with Crippen LogP contribution < -0.4 is 15.8 Å². The SMILES string of the molecule is COc1cc(C(=O)O)c(NC(N)=S)cc1F. The molecule has 0 unspecified atom stereocenters. The third-order valence-corrected chi connectivity index (χ3v) is 1.88. The van der Waals surface area contributed by atoms with Gasteiger partial charge in [0.2, 0.25) is 0 Å². The van der Waals surface area contributed by atoms with Gasteiger partial charge in [-0.2, -0.15) is 0 Å². The monoisotopic (exact) mass is 244 g/mol. The van der Waals surface area contributed by atoms with Crippen molar-refractivity contribution in [2.24, 2.45) is 5.73 Å². The van der Waals surface area contributed by atoms with E-state index in [1.54, 1.807) is 0 Å². The van der Waals surface area contributed by atoms with Crippen LogP contribution in [0.2, 0.25) is 0 Å². The normalized spacial score (nSPS) is 9.62. The molecule has 0 aliphatic rings. The molecule has 1 rings (SSSR count). The fraction of sp³-hybridized carbons (Fsp3) is 0.111. The van der Waals surface area contributed by atoms with Gasteiger partial charge in [0.25, 0.3) is 0 Å². The highest BCUT2D eigenvalue weighted by atomic mass is 32.1. The van der Waals surface area contributed by atoms with Crippen LogP contribution in [-0.2, 0) is 0 Å². The summed E-state index contributed by atoms with van der Waals surface area (Å²) in [6, 6.07) is 2.01. The molecule has 0 spiro atoms. The van der Waals surface area contributed by atoms with Crippen LogP contribution in [0.4, 0.5) is 10.1 Å². The summed E-state index contributed by atoms with van der Waals surface area (Å²) in [4.78, 5) is 10.9. The lowest BCUT2D eigenvalue weighted by Crippen LogP contribution is -2.21. The quantitative estimate of drug-likeness (QED) is 0.692. The molecule has 16 heavy (non-hydrogen) atoms. The summed E-state index contributed by atoms with van der Waals surface area (Å²) in [5, 5.41) is 11.1. The Bertz CT molecular complexity index is 451. The molecule has 0 saturated carbocycles. The fourth-order valence-electron chi connectivity index (χ4n) is 1.12. The lowest BCUT2D eigenvalue weighted by molar-refractivity contribution is 0.0697. The van der Waals surface area contributed by atoms with Crippen molar-refractivity contribution in [3.05, 3.63) is 23.5 Å². The smallest absolute Gasteiger partial charge is 0.337 e. The van der Waals surface area contributed by atoms with Gasteiger partial charge in [-0.3, -0.25) is 0 Å². The Morgan fingerprint density at radius 2 is 2.25 bits per heavy atom. The van der Waals surface area contributed by atoms with Gasteiger partial charge in [-0.1, -0.05) is 0 Å². The Hall–Kier alpha value is -1.89. The first-order chi connectivity index (χ1) is 7.45. The number of rotatable bonds is 3. The zero-order chi connectivity index (χ0) is 12.3. The minimum atomic E-state index is -1.24. The number of anilines is 1. The van der Waals surface area contributed by atoms with Crippen LogP contribution in [0.1, 0.15) is 10.4 Å². The average Bonchev–Trinajstić information content (AvgIpc) is 2.16. The summed E-state index contributed by atoms with van der Waals surface area (Å²) in [5.41, 5.74) is 5.00. The number of carboxylic acid groups (broad SMARTS) is 1. The number of carbonyl (C=O) groups is 1. The van der Waals surface area contributed by atoms with Gasteiger partial charge in [0.1, 0.15) is 0 Å². The number of methoxy groups -OCH3 is 1. The Kier molecular flexibility index (Phi) is 3.62. The Morgan fingerprint density at radius 1 is 1.62 bits per heavy atom. The number of aromatic carboxylic acids is 1. The topological polar surface area (TPSA) is 84.6 Å². The molecule has 86 valence electrons. The Labute approximate surface area is 96.0 Å². The van der Waals surface area contributed by atoms with Gasteiger partial charge in [0.15, 0.2) is 16.7 Å². The summed E-state index contributed by atoms with van der Waals surface area (Å²) >= 11 is 4.55. The minimum Gasteiger partial charge on any atom is -0.494 e. The number of benzene rings is 1. The molecular weight excluding hydrogens is 235 g/mol. The molecule has 0 fully saturated rings. The van der Waals surface area contributed by atoms with E-state index < -0.39 is 11.8 Å². The second-order valence-corrected chi connectivity index (χ2v) is 3.27. The van der Waals surface area contributed by atoms with E-state index >= 15 is 0 Å². The van der Waals surface area contributed by atoms with E-state index in [-0.39, 0.29) is 22.1 Å². The van der Waals surface area contributed by atoms with E-state index in [9.17, 15) is 9.18 Å². The number of hydrogen-bond donors (Lipinski definition) is 3. The van der Waals surface area contributed by atoms with Crippen molar-refractivity contribution >= 4 is 29.0 Å². The maximum absolute atomic E-state index is 13.3. The van der Waals surface area contributed by atoms with Gasteiger partial charge in [-0.15, -0.1) is 0 Å². The molecule has 0 bridgehead atoms. The predicted molar refractivity (Wildman–Crippen MR) is 60.3 cm³/mol. The Balaban J connectivity index is 3.30. The molecule has 1 aromatic carbocycles. The second-order valence-electron chi connectivity index (χ2n) is 2.83. The summed E-state index contributed by atoms with van der Waals surface area (Å²) < 4.78 is 18.0. The van der Waals surface area contributed by atoms with Crippen LogP contribution in [0.5, 0.6) is 5.75 Å². The molecule has 0 aromatic heterocycles. The molecule has 0 aliphatic heterocycles. The second kappa shape index (κ2) is 4.75. The number of carboxylic acids is 1. The van der Waals surface area contributed by atoms with Gasteiger partial charge < -0.3 is 20.9 Å². The van der Waals surface area contributed by atoms with Crippen LogP contribution >= 0.6 is 12.2 Å². The molecule has 0 radical (unpaired) electrons. The molecule has 0 amide bonds. The predicted octanol–water partition coefficient (Wildman–Crippen LogP) is 1.19. The maximum Gasteiger partial charge on any atom is 0.337 e. The van der Waals surface area contributed by atoms with Crippen LogP contribution in [0.25, 0.3) is 0 Å². The van der Waals surface area contributed by atoms with E-state index in [4.69, 9.17) is 10.8 Å². The highest BCUT2D eigenvalue weighted by molar-refractivity contribution is 7.80. The van der Waals surface area contributed by atoms with Crippen LogP contribution in [0.15, 0.2) is 12.1 Å². The average molecular weight is 244 g/mol. The number of nitrogens with one attached hydrogen (secondary N) is 1. The number of hydrogen-bond acceptors (Lipinski definition) is 3. The third-order valence-electron chi connectivity index (χ3n) is 1.78. The molecule has 0 heterocycles. The fourth-order valence-corrected chi connectivity index (χ4v) is 1.23. The van der Waals surface area contributed by atoms with E-state index in [0.717, 1.165) is 12.1 Å². The van der Waals surface area contributed by atoms with Crippen molar-refractivity contribution in [3.63, 3.8) is 0 Å². The molecule has 1 aromatic rings. The third kappa shape index (κ3) is 2.57. The van der Waals surface area contributed by atoms with E-state index in [2.05, 4.69) is 22.3 Å². The molecule has 7 heteroatoms. The zero-order valence-corrected chi connectivity index (χ0v) is 9.10. The van der Waals surface area contributed by atoms with Crippen molar-refractivity contribution in [2.75, 3.05) is 12.4 Å². The molecule has 4 N–H and O–H groups in total. The highest BCUT2D eigenvalue weighted by Gasteiger charge is 2.15. The Morgan fingerprint density at radius 3 is 2.69 bits per heavy atom. The van der Waals surface area contributed by atoms with Gasteiger partial charge in [0.05, 0.1) is 18.4 Å². The van der Waals surface area contributed by atoms with Crippen molar-refractivity contribution in [1.82, 2.24) is 0 Å². The van der Waals surface area contributed by atoms with Gasteiger partial charge in [-0.25, -0.2) is 9.18 Å². The van der Waals surface area contributed by atoms with E-state index in [1.807, 2.05) is 0 Å². The number of ether oxygens (including phenoxy) is 1. The lowest BCUT2D eigenvalue weighted by Gasteiger charge is -2.10. The summed E-state index contributed by atoms with van der Waals surface area (Å²) in [6.07, 6.45) is 0. The van der Waals surface area contributed by atoms with Crippen LogP contribution in [0, 0.1) is 5.82 Å². The van der Waals surface area contributed by atoms with Crippen LogP contribution in [0.3, 0.4) is 0 Å². The van der Waals surface area contributed by atoms with Crippen LogP contribution in [-0.4, -0.2) is 23.3 Å². The van der Waals surface area contributed by atoms with E-state index in [0.29, 0.717) is 0 Å². The van der Waals surface area contributed by atoms with Gasteiger partial charge in [-0.05, 0) is 18.3 Å². The number of halogens is 1. The van der Waals surface area contributed by atoms with Crippen molar-refractivity contribution < 1.29 is 19.0 Å². The molecule has 0 aliphatic carbocycles. The number of nitrogens with two attached hydrogens (primary N) is 1. The summed E-state index contributed by atoms with van der Waals surface area (Å²) in [5.74, 6) is -2.10. The molecule has 0 atom stereocenters. The van der Waals surface area contributed by atoms with E-state index in [1.165, 1.54) is 7.11 Å². The number of thiocarbonyl (C=S) groups is 1.